The summed E-state index contributed by atoms with van der Waals surface area (Å²) in [6.45, 7) is 8.51. The highest BCUT2D eigenvalue weighted by molar-refractivity contribution is 5.95. The van der Waals surface area contributed by atoms with Gasteiger partial charge in [-0.05, 0) is 67.0 Å². The van der Waals surface area contributed by atoms with Gasteiger partial charge in [-0.15, -0.1) is 0 Å². The Morgan fingerprint density at radius 1 is 1.08 bits per heavy atom. The van der Waals surface area contributed by atoms with Gasteiger partial charge in [-0.3, -0.25) is 9.78 Å². The number of hydrogen-bond acceptors (Lipinski definition) is 2. The molecule has 1 aliphatic carbocycles. The van der Waals surface area contributed by atoms with Crippen LogP contribution in [0.1, 0.15) is 38.8 Å². The number of rotatable bonds is 5. The van der Waals surface area contributed by atoms with Crippen LogP contribution in [0.25, 0.3) is 0 Å². The van der Waals surface area contributed by atoms with E-state index in [4.69, 9.17) is 0 Å². The molecule has 0 saturated heterocycles. The third-order valence-electron chi connectivity index (χ3n) is 5.09. The largest absolute Gasteiger partial charge is 0.326 e. The van der Waals surface area contributed by atoms with Crippen molar-refractivity contribution in [3.63, 3.8) is 0 Å². The van der Waals surface area contributed by atoms with Crippen molar-refractivity contribution in [2.45, 2.75) is 34.1 Å². The van der Waals surface area contributed by atoms with Crippen LogP contribution >= 0.6 is 0 Å². The van der Waals surface area contributed by atoms with Gasteiger partial charge < -0.3 is 5.32 Å². The van der Waals surface area contributed by atoms with Crippen molar-refractivity contribution in [2.24, 2.45) is 17.3 Å². The maximum absolute atomic E-state index is 12.6. The van der Waals surface area contributed by atoms with Crippen molar-refractivity contribution < 1.29 is 4.79 Å². The van der Waals surface area contributed by atoms with Gasteiger partial charge in [0.1, 0.15) is 0 Å². The Kier molecular flexibility index (Phi) is 4.76. The van der Waals surface area contributed by atoms with E-state index in [1.165, 1.54) is 16.7 Å². The number of pyridine rings is 1. The molecule has 1 N–H and O–H groups in total. The molecule has 2 unspecified atom stereocenters. The van der Waals surface area contributed by atoms with Gasteiger partial charge in [0.05, 0.1) is 5.92 Å². The summed E-state index contributed by atoms with van der Waals surface area (Å²) in [5.41, 5.74) is 4.63. The first-order chi connectivity index (χ1) is 11.9. The highest BCUT2D eigenvalue weighted by Crippen LogP contribution is 2.59. The molecule has 1 heterocycles. The second-order valence-corrected chi connectivity index (χ2v) is 7.79. The van der Waals surface area contributed by atoms with Crippen LogP contribution in [0.15, 0.2) is 60.4 Å². The van der Waals surface area contributed by atoms with Crippen LogP contribution in [0, 0.1) is 17.3 Å². The number of nitrogens with zero attached hydrogens (tertiary/aromatic N) is 1. The van der Waals surface area contributed by atoms with E-state index in [1.807, 2.05) is 36.7 Å². The van der Waals surface area contributed by atoms with Crippen molar-refractivity contribution in [3.8, 4) is 0 Å². The molecule has 130 valence electrons. The minimum Gasteiger partial charge on any atom is -0.326 e. The summed E-state index contributed by atoms with van der Waals surface area (Å²) < 4.78 is 0. The highest BCUT2D eigenvalue weighted by atomic mass is 16.2. The van der Waals surface area contributed by atoms with E-state index in [1.54, 1.807) is 0 Å². The summed E-state index contributed by atoms with van der Waals surface area (Å²) in [5, 5.41) is 3.08. The summed E-state index contributed by atoms with van der Waals surface area (Å²) in [4.78, 5) is 16.7. The minimum atomic E-state index is 0.0443. The van der Waals surface area contributed by atoms with Gasteiger partial charge in [0, 0.05) is 18.1 Å². The predicted molar refractivity (Wildman–Crippen MR) is 102 cm³/mol. The summed E-state index contributed by atoms with van der Waals surface area (Å²) in [5.74, 6) is 0.511. The van der Waals surface area contributed by atoms with Gasteiger partial charge in [0.15, 0.2) is 0 Å². The maximum Gasteiger partial charge on any atom is 0.228 e. The van der Waals surface area contributed by atoms with E-state index in [9.17, 15) is 4.79 Å². The monoisotopic (exact) mass is 334 g/mol. The summed E-state index contributed by atoms with van der Waals surface area (Å²) >= 11 is 0. The Morgan fingerprint density at radius 3 is 2.28 bits per heavy atom. The molecular formula is C22H26N2O. The second-order valence-electron chi connectivity index (χ2n) is 7.79. The van der Waals surface area contributed by atoms with Crippen LogP contribution in [0.3, 0.4) is 0 Å². The first-order valence-corrected chi connectivity index (χ1v) is 8.81. The molecule has 0 spiro atoms. The summed E-state index contributed by atoms with van der Waals surface area (Å²) in [7, 11) is 0. The molecule has 1 saturated carbocycles. The van der Waals surface area contributed by atoms with Crippen molar-refractivity contribution in [2.75, 3.05) is 5.32 Å². The molecule has 1 aliphatic rings. The number of carbonyl (C=O) groups excluding carboxylic acids is 1. The van der Waals surface area contributed by atoms with E-state index >= 15 is 0 Å². The predicted octanol–water partition coefficient (Wildman–Crippen LogP) is 4.85. The lowest BCUT2D eigenvalue weighted by molar-refractivity contribution is -0.118. The number of allylic oxidation sites excluding steroid dienone is 2. The van der Waals surface area contributed by atoms with Crippen molar-refractivity contribution >= 4 is 11.6 Å². The number of aromatic nitrogens is 1. The Hall–Kier alpha value is -2.42. The second kappa shape index (κ2) is 6.83. The molecule has 2 atom stereocenters. The highest BCUT2D eigenvalue weighted by Gasteiger charge is 2.60. The number of benzene rings is 1. The lowest BCUT2D eigenvalue weighted by Gasteiger charge is -2.08. The smallest absolute Gasteiger partial charge is 0.228 e. The van der Waals surface area contributed by atoms with Crippen molar-refractivity contribution in [3.05, 3.63) is 71.6 Å². The molecule has 1 aromatic carbocycles. The molecule has 3 heteroatoms. The zero-order valence-electron chi connectivity index (χ0n) is 15.4. The number of hydrogen-bond donors (Lipinski definition) is 1. The SMILES string of the molecule is CC(C)=CC1C(C(=O)Nc2ccc(Cc3ccncc3)cc2)C1(C)C. The van der Waals surface area contributed by atoms with Crippen LogP contribution in [0.2, 0.25) is 0 Å². The molecule has 2 aromatic rings. The zero-order valence-corrected chi connectivity index (χ0v) is 15.4. The lowest BCUT2D eigenvalue weighted by atomic mass is 10.1. The van der Waals surface area contributed by atoms with Gasteiger partial charge in [-0.1, -0.05) is 37.6 Å². The van der Waals surface area contributed by atoms with Crippen LogP contribution in [-0.4, -0.2) is 10.9 Å². The number of nitrogens with one attached hydrogen (secondary N) is 1. The average Bonchev–Trinajstić information content (AvgIpc) is 3.10. The van der Waals surface area contributed by atoms with Gasteiger partial charge >= 0.3 is 0 Å². The molecule has 0 radical (unpaired) electrons. The van der Waals surface area contributed by atoms with Crippen molar-refractivity contribution in [1.82, 2.24) is 4.98 Å². The normalized spacial score (nSPS) is 20.6. The number of carbonyl (C=O) groups is 1. The molecule has 3 rings (SSSR count). The van der Waals surface area contributed by atoms with E-state index in [-0.39, 0.29) is 17.2 Å². The summed E-state index contributed by atoms with van der Waals surface area (Å²) in [6, 6.07) is 12.2. The van der Waals surface area contributed by atoms with E-state index in [0.717, 1.165) is 12.1 Å². The fourth-order valence-corrected chi connectivity index (χ4v) is 3.51. The Balaban J connectivity index is 1.62. The van der Waals surface area contributed by atoms with Gasteiger partial charge in [0.25, 0.3) is 0 Å². The van der Waals surface area contributed by atoms with Crippen LogP contribution < -0.4 is 5.32 Å². The first kappa shape index (κ1) is 17.4. The van der Waals surface area contributed by atoms with Crippen molar-refractivity contribution in [1.29, 1.82) is 0 Å². The third kappa shape index (κ3) is 3.98. The zero-order chi connectivity index (χ0) is 18.0. The molecule has 0 bridgehead atoms. The summed E-state index contributed by atoms with van der Waals surface area (Å²) in [6.07, 6.45) is 6.71. The molecule has 1 amide bonds. The third-order valence-corrected chi connectivity index (χ3v) is 5.09. The topological polar surface area (TPSA) is 42.0 Å². The maximum atomic E-state index is 12.6. The van der Waals surface area contributed by atoms with E-state index < -0.39 is 0 Å². The minimum absolute atomic E-state index is 0.0443. The molecule has 1 fully saturated rings. The Labute approximate surface area is 150 Å². The number of amides is 1. The average molecular weight is 334 g/mol. The molecule has 0 aliphatic heterocycles. The molecule has 3 nitrogen and oxygen atoms in total. The van der Waals surface area contributed by atoms with Crippen LogP contribution in [0.4, 0.5) is 5.69 Å². The Morgan fingerprint density at radius 2 is 1.68 bits per heavy atom. The Bertz CT molecular complexity index is 771. The van der Waals surface area contributed by atoms with Crippen LogP contribution in [-0.2, 0) is 11.2 Å². The fraction of sp³-hybridized carbons (Fsp3) is 0.364. The molecular weight excluding hydrogens is 308 g/mol. The lowest BCUT2D eigenvalue weighted by Crippen LogP contribution is -2.16. The van der Waals surface area contributed by atoms with Gasteiger partial charge in [0.2, 0.25) is 5.91 Å². The first-order valence-electron chi connectivity index (χ1n) is 8.81. The molecule has 25 heavy (non-hydrogen) atoms. The fourth-order valence-electron chi connectivity index (χ4n) is 3.51. The van der Waals surface area contributed by atoms with E-state index in [2.05, 4.69) is 56.2 Å². The van der Waals surface area contributed by atoms with Gasteiger partial charge in [-0.2, -0.15) is 0 Å². The quantitative estimate of drug-likeness (QED) is 0.794. The van der Waals surface area contributed by atoms with Crippen LogP contribution in [0.5, 0.6) is 0 Å². The van der Waals surface area contributed by atoms with Gasteiger partial charge in [-0.25, -0.2) is 0 Å². The number of anilines is 1. The molecule has 1 aromatic heterocycles. The standard InChI is InChI=1S/C22H26N2O/c1-15(2)13-19-20(22(19,3)4)21(25)24-18-7-5-16(6-8-18)14-17-9-11-23-12-10-17/h5-13,19-20H,14H2,1-4H3,(H,24,25). The van der Waals surface area contributed by atoms with E-state index in [0.29, 0.717) is 5.92 Å².